The molecule has 4 aliphatic rings. The molecule has 160 valence electrons. The Hall–Kier alpha value is -2.69. The van der Waals surface area contributed by atoms with Gasteiger partial charge in [0.25, 0.3) is 0 Å². The third kappa shape index (κ3) is 3.75. The van der Waals surface area contributed by atoms with Gasteiger partial charge in [0.1, 0.15) is 17.5 Å². The predicted octanol–water partition coefficient (Wildman–Crippen LogP) is 3.27. The van der Waals surface area contributed by atoms with E-state index in [1.807, 2.05) is 0 Å². The van der Waals surface area contributed by atoms with Gasteiger partial charge in [0.05, 0.1) is 30.9 Å². The highest BCUT2D eigenvalue weighted by Gasteiger charge is 2.47. The quantitative estimate of drug-likeness (QED) is 0.801. The van der Waals surface area contributed by atoms with Crippen LogP contribution in [0.25, 0.3) is 0 Å². The number of aromatic nitrogens is 2. The number of nitrogens with one attached hydrogen (secondary N) is 1. The maximum Gasteiger partial charge on any atom is 0.134 e. The first-order chi connectivity index (χ1) is 15.3. The summed E-state index contributed by atoms with van der Waals surface area (Å²) in [5, 5.41) is 12.6. The Morgan fingerprint density at radius 3 is 2.61 bits per heavy atom. The van der Waals surface area contributed by atoms with Gasteiger partial charge < -0.3 is 15.0 Å². The smallest absolute Gasteiger partial charge is 0.134 e. The van der Waals surface area contributed by atoms with Crippen molar-refractivity contribution in [2.75, 3.05) is 43.1 Å². The molecule has 1 saturated carbocycles. The molecule has 1 N–H and O–H groups in total. The van der Waals surface area contributed by atoms with Crippen LogP contribution < -0.4 is 10.2 Å². The van der Waals surface area contributed by atoms with Gasteiger partial charge in [-0.25, -0.2) is 9.97 Å². The van der Waals surface area contributed by atoms with Crippen molar-refractivity contribution in [3.63, 3.8) is 0 Å². The molecule has 0 amide bonds. The van der Waals surface area contributed by atoms with Gasteiger partial charge in [-0.1, -0.05) is 0 Å². The van der Waals surface area contributed by atoms with E-state index >= 15 is 0 Å². The van der Waals surface area contributed by atoms with Crippen molar-refractivity contribution in [2.24, 2.45) is 5.92 Å². The molecule has 0 radical (unpaired) electrons. The largest absolute Gasteiger partial charge is 0.378 e. The highest BCUT2D eigenvalue weighted by molar-refractivity contribution is 5.60. The van der Waals surface area contributed by atoms with Crippen molar-refractivity contribution >= 4 is 17.5 Å². The number of pyridine rings is 2. The summed E-state index contributed by atoms with van der Waals surface area (Å²) in [5.74, 6) is 4.00. The highest BCUT2D eigenvalue weighted by atomic mass is 16.5. The van der Waals surface area contributed by atoms with Crippen molar-refractivity contribution in [3.8, 4) is 6.07 Å². The number of anilines is 3. The number of hydrogen-bond acceptors (Lipinski definition) is 7. The van der Waals surface area contributed by atoms with E-state index in [1.165, 1.54) is 31.2 Å². The molecule has 2 unspecified atom stereocenters. The Balaban J connectivity index is 1.26. The maximum atomic E-state index is 9.21. The van der Waals surface area contributed by atoms with Gasteiger partial charge in [-0.2, -0.15) is 5.26 Å². The molecule has 0 bridgehead atoms. The average molecular weight is 417 g/mol. The minimum Gasteiger partial charge on any atom is -0.378 e. The molecule has 2 atom stereocenters. The number of piperidine rings is 2. The first-order valence-electron chi connectivity index (χ1n) is 11.5. The zero-order valence-corrected chi connectivity index (χ0v) is 17.7. The number of nitriles is 1. The Bertz CT molecular complexity index is 1010. The summed E-state index contributed by atoms with van der Waals surface area (Å²) in [4.78, 5) is 14.4. The number of ether oxygens (including phenoxy) is 1. The molecular formula is C24H28N6O. The van der Waals surface area contributed by atoms with E-state index in [2.05, 4.69) is 38.3 Å². The molecule has 31 heavy (non-hydrogen) atoms. The lowest BCUT2D eigenvalue weighted by Gasteiger charge is -2.41. The topological polar surface area (TPSA) is 77.3 Å². The molecule has 1 aliphatic carbocycles. The first kappa shape index (κ1) is 19.0. The summed E-state index contributed by atoms with van der Waals surface area (Å²) in [6.45, 7) is 5.17. The van der Waals surface area contributed by atoms with E-state index in [0.717, 1.165) is 50.4 Å². The maximum absolute atomic E-state index is 9.21. The van der Waals surface area contributed by atoms with E-state index in [1.54, 1.807) is 18.3 Å². The number of rotatable bonds is 5. The van der Waals surface area contributed by atoms with E-state index in [4.69, 9.17) is 9.72 Å². The van der Waals surface area contributed by atoms with E-state index in [-0.39, 0.29) is 0 Å². The van der Waals surface area contributed by atoms with Crippen LogP contribution in [0.3, 0.4) is 0 Å². The van der Waals surface area contributed by atoms with Crippen LogP contribution in [0, 0.1) is 17.2 Å². The second-order valence-electron chi connectivity index (χ2n) is 9.36. The van der Waals surface area contributed by atoms with E-state index < -0.39 is 0 Å². The van der Waals surface area contributed by atoms with Gasteiger partial charge in [0.2, 0.25) is 0 Å². The normalized spacial score (nSPS) is 26.2. The lowest BCUT2D eigenvalue weighted by atomic mass is 9.89. The zero-order valence-electron chi connectivity index (χ0n) is 17.7. The number of hydrogen-bond donors (Lipinski definition) is 1. The molecule has 6 rings (SSSR count). The summed E-state index contributed by atoms with van der Waals surface area (Å²) in [5.41, 5.74) is 1.97. The van der Waals surface area contributed by atoms with Gasteiger partial charge >= 0.3 is 0 Å². The fraction of sp³-hybridized carbons (Fsp3) is 0.542. The van der Waals surface area contributed by atoms with Crippen LogP contribution in [-0.2, 0) is 4.74 Å². The van der Waals surface area contributed by atoms with Crippen LogP contribution in [-0.4, -0.2) is 59.8 Å². The minimum absolute atomic E-state index is 0.551. The van der Waals surface area contributed by atoms with E-state index in [0.29, 0.717) is 29.4 Å². The fourth-order valence-electron chi connectivity index (χ4n) is 5.39. The number of nitrogens with zero attached hydrogens (tertiary/aromatic N) is 5. The third-order valence-electron chi connectivity index (χ3n) is 7.44. The number of fused-ring (bicyclic) bond motifs is 1. The lowest BCUT2D eigenvalue weighted by Crippen LogP contribution is -2.51. The zero-order chi connectivity index (χ0) is 20.8. The Labute approximate surface area is 183 Å². The van der Waals surface area contributed by atoms with Crippen LogP contribution in [0.15, 0.2) is 30.5 Å². The van der Waals surface area contributed by atoms with Crippen LogP contribution in [0.2, 0.25) is 0 Å². The van der Waals surface area contributed by atoms with Crippen LogP contribution >= 0.6 is 0 Å². The van der Waals surface area contributed by atoms with Crippen molar-refractivity contribution in [3.05, 3.63) is 41.6 Å². The summed E-state index contributed by atoms with van der Waals surface area (Å²) in [6.07, 6.45) is 6.61. The van der Waals surface area contributed by atoms with Crippen molar-refractivity contribution in [2.45, 2.75) is 43.7 Å². The Morgan fingerprint density at radius 2 is 1.94 bits per heavy atom. The molecular weight excluding hydrogens is 388 g/mol. The SMILES string of the molecule is N#Cc1ccnc(Nc2cc(C3CCN(C4COC4)CC3)cc(N3CCC4CC43)n2)c1. The molecule has 7 heteroatoms. The summed E-state index contributed by atoms with van der Waals surface area (Å²) >= 11 is 0. The standard InChI is InChI=1S/C24H28N6O/c25-13-16-1-5-26-22(9-16)27-23-11-19(12-24(28-23)30-8-4-18-10-21(18)30)17-2-6-29(7-3-17)20-14-31-15-20/h1,5,9,11-12,17-18,20-21H,2-4,6-8,10,14-15H2,(H,26,27,28). The van der Waals surface area contributed by atoms with Crippen molar-refractivity contribution in [1.29, 1.82) is 5.26 Å². The minimum atomic E-state index is 0.551. The molecule has 2 aromatic rings. The highest BCUT2D eigenvalue weighted by Crippen LogP contribution is 2.46. The van der Waals surface area contributed by atoms with Gasteiger partial charge in [0, 0.05) is 18.8 Å². The average Bonchev–Trinajstić information content (AvgIpc) is 3.42. The Kier molecular flexibility index (Phi) is 4.77. The predicted molar refractivity (Wildman–Crippen MR) is 118 cm³/mol. The van der Waals surface area contributed by atoms with Crippen LogP contribution in [0.4, 0.5) is 17.5 Å². The molecule has 3 aliphatic heterocycles. The second-order valence-corrected chi connectivity index (χ2v) is 9.36. The molecule has 3 saturated heterocycles. The molecule has 7 nitrogen and oxygen atoms in total. The van der Waals surface area contributed by atoms with Gasteiger partial charge in [-0.15, -0.1) is 0 Å². The van der Waals surface area contributed by atoms with E-state index in [9.17, 15) is 5.26 Å². The third-order valence-corrected chi connectivity index (χ3v) is 7.44. The molecule has 0 aromatic carbocycles. The molecule has 5 heterocycles. The molecule has 0 spiro atoms. The molecule has 2 aromatic heterocycles. The van der Waals surface area contributed by atoms with Crippen LogP contribution in [0.1, 0.15) is 42.7 Å². The Morgan fingerprint density at radius 1 is 1.06 bits per heavy atom. The van der Waals surface area contributed by atoms with Gasteiger partial charge in [0.15, 0.2) is 0 Å². The second kappa shape index (κ2) is 7.77. The summed E-state index contributed by atoms with van der Waals surface area (Å²) < 4.78 is 5.39. The monoisotopic (exact) mass is 416 g/mol. The first-order valence-corrected chi connectivity index (χ1v) is 11.5. The molecule has 4 fully saturated rings. The summed E-state index contributed by atoms with van der Waals surface area (Å²) in [7, 11) is 0. The summed E-state index contributed by atoms with van der Waals surface area (Å²) in [6, 6.07) is 11.5. The van der Waals surface area contributed by atoms with Crippen LogP contribution in [0.5, 0.6) is 0 Å². The van der Waals surface area contributed by atoms with Gasteiger partial charge in [-0.05, 0) is 80.4 Å². The number of likely N-dealkylation sites (tertiary alicyclic amines) is 1. The van der Waals surface area contributed by atoms with Crippen molar-refractivity contribution in [1.82, 2.24) is 14.9 Å². The lowest BCUT2D eigenvalue weighted by molar-refractivity contribution is -0.0712. The van der Waals surface area contributed by atoms with Crippen molar-refractivity contribution < 1.29 is 4.74 Å². The van der Waals surface area contributed by atoms with Gasteiger partial charge in [-0.3, -0.25) is 4.90 Å². The fourth-order valence-corrected chi connectivity index (χ4v) is 5.39.